The van der Waals surface area contributed by atoms with Crippen molar-refractivity contribution in [2.24, 2.45) is 10.9 Å². The molecule has 0 aliphatic carbocycles. The Morgan fingerprint density at radius 3 is 2.85 bits per heavy atom. The minimum Gasteiger partial charge on any atom is -0.543 e. The molecule has 5 heterocycles. The number of carbonyl (C=O) groups is 4. The number of fused-ring (bicyclic) bond motifs is 2. The van der Waals surface area contributed by atoms with Crippen LogP contribution in [0.25, 0.3) is 11.9 Å². The van der Waals surface area contributed by atoms with Crippen molar-refractivity contribution in [2.75, 3.05) is 18.6 Å². The SMILES string of the molecule is CO/N=C(\C(=O)N[C@@H]1C(=O)N2C(C(=O)[O-])=C(/C=C/c3c[n+](CC(N)=O)c4ncccn34)CS[C@H]12)c1csc(N)n1. The lowest BCUT2D eigenvalue weighted by molar-refractivity contribution is -0.659. The van der Waals surface area contributed by atoms with Crippen molar-refractivity contribution in [3.63, 3.8) is 0 Å². The van der Waals surface area contributed by atoms with Gasteiger partial charge in [0.15, 0.2) is 10.8 Å². The molecule has 15 nitrogen and oxygen atoms in total. The van der Waals surface area contributed by atoms with Crippen molar-refractivity contribution in [3.05, 3.63) is 58.8 Å². The number of carbonyl (C=O) groups excluding carboxylic acids is 4. The molecule has 2 aliphatic heterocycles. The van der Waals surface area contributed by atoms with Crippen molar-refractivity contribution < 1.29 is 33.7 Å². The number of hydrogen-bond acceptors (Lipinski definition) is 12. The number of aromatic nitrogens is 4. The van der Waals surface area contributed by atoms with Gasteiger partial charge >= 0.3 is 5.78 Å². The van der Waals surface area contributed by atoms with Crippen LogP contribution >= 0.6 is 23.1 Å². The number of nitrogens with zero attached hydrogens (tertiary/aromatic N) is 6. The molecule has 0 radical (unpaired) electrons. The zero-order chi connectivity index (χ0) is 28.6. The smallest absolute Gasteiger partial charge is 0.404 e. The molecule has 2 aliphatic rings. The summed E-state index contributed by atoms with van der Waals surface area (Å²) in [6.45, 7) is -0.0963. The Bertz CT molecular complexity index is 1640. The van der Waals surface area contributed by atoms with Crippen LogP contribution in [0.1, 0.15) is 11.4 Å². The summed E-state index contributed by atoms with van der Waals surface area (Å²) in [6.07, 6.45) is 8.15. The van der Waals surface area contributed by atoms with Gasteiger partial charge in [-0.3, -0.25) is 19.3 Å². The van der Waals surface area contributed by atoms with Gasteiger partial charge in [0.1, 0.15) is 48.9 Å². The summed E-state index contributed by atoms with van der Waals surface area (Å²) in [7, 11) is 1.26. The number of β-lactam (4-membered cyclic amide) rings is 1. The third kappa shape index (κ3) is 4.87. The van der Waals surface area contributed by atoms with Crippen LogP contribution in [0.3, 0.4) is 0 Å². The minimum atomic E-state index is -1.53. The molecule has 0 saturated carbocycles. The Balaban J connectivity index is 1.39. The maximum Gasteiger partial charge on any atom is 0.404 e. The van der Waals surface area contributed by atoms with E-state index in [0.29, 0.717) is 17.0 Å². The highest BCUT2D eigenvalue weighted by Gasteiger charge is 2.53. The number of anilines is 1. The standard InChI is InChI=1S/C23H21N9O6S2/c1-38-29-15(13-10-40-22(25)27-13)18(34)28-16-19(35)32-17(21(36)37)11(9-39-20(16)32)3-4-12-7-30(8-14(24)33)23-26-5-2-6-31(12)23/h2-7,10,16,20H,8-9H2,1H3,(H5-,24,25,27,28,33,34,36,37)/b4-3+,29-15-/t16-,20-/m1/s1. The third-order valence-electron chi connectivity index (χ3n) is 5.97. The number of aliphatic carboxylic acids is 1. The molecule has 0 spiro atoms. The molecular weight excluding hydrogens is 562 g/mol. The first-order valence-corrected chi connectivity index (χ1v) is 13.5. The first-order valence-electron chi connectivity index (χ1n) is 11.5. The van der Waals surface area contributed by atoms with E-state index in [1.54, 1.807) is 45.8 Å². The molecule has 17 heteroatoms. The Kier molecular flexibility index (Phi) is 7.22. The van der Waals surface area contributed by atoms with Crippen molar-refractivity contribution in [1.29, 1.82) is 0 Å². The maximum atomic E-state index is 13.1. The molecule has 5 rings (SSSR count). The Hall–Kier alpha value is -4.77. The number of carboxylic acids is 1. The number of thioether (sulfide) groups is 1. The summed E-state index contributed by atoms with van der Waals surface area (Å²) in [4.78, 5) is 63.7. The van der Waals surface area contributed by atoms with E-state index >= 15 is 0 Å². The molecule has 5 N–H and O–H groups in total. The zero-order valence-electron chi connectivity index (χ0n) is 20.7. The highest BCUT2D eigenvalue weighted by Crippen LogP contribution is 2.40. The second-order valence-electron chi connectivity index (χ2n) is 8.49. The molecule has 206 valence electrons. The topological polar surface area (TPSA) is 214 Å². The van der Waals surface area contributed by atoms with Gasteiger partial charge < -0.3 is 31.5 Å². The van der Waals surface area contributed by atoms with Crippen LogP contribution in [0, 0.1) is 0 Å². The quantitative estimate of drug-likeness (QED) is 0.105. The van der Waals surface area contributed by atoms with Gasteiger partial charge in [0.2, 0.25) is 0 Å². The van der Waals surface area contributed by atoms with Gasteiger partial charge in [-0.1, -0.05) is 16.2 Å². The van der Waals surface area contributed by atoms with Gasteiger partial charge in [-0.25, -0.2) is 9.55 Å². The maximum absolute atomic E-state index is 13.1. The van der Waals surface area contributed by atoms with Crippen LogP contribution in [-0.2, 0) is 30.6 Å². The monoisotopic (exact) mass is 583 g/mol. The highest BCUT2D eigenvalue weighted by atomic mass is 32.2. The predicted octanol–water partition coefficient (Wildman–Crippen LogP) is -2.39. The molecule has 3 aromatic rings. The van der Waals surface area contributed by atoms with Crippen LogP contribution in [0.5, 0.6) is 0 Å². The number of carboxylic acid groups (broad SMARTS) is 1. The van der Waals surface area contributed by atoms with Gasteiger partial charge in [0, 0.05) is 17.2 Å². The van der Waals surface area contributed by atoms with E-state index < -0.39 is 35.1 Å². The van der Waals surface area contributed by atoms with Crippen LogP contribution in [0.2, 0.25) is 0 Å². The van der Waals surface area contributed by atoms with Gasteiger partial charge in [0.05, 0.1) is 17.9 Å². The number of amides is 3. The molecule has 0 unspecified atom stereocenters. The highest BCUT2D eigenvalue weighted by molar-refractivity contribution is 8.00. The number of allylic oxidation sites excluding steroid dienone is 1. The van der Waals surface area contributed by atoms with Gasteiger partial charge in [0.25, 0.3) is 17.7 Å². The summed E-state index contributed by atoms with van der Waals surface area (Å²) in [5.41, 5.74) is 11.6. The number of nitrogens with two attached hydrogens (primary N) is 2. The Morgan fingerprint density at radius 2 is 2.17 bits per heavy atom. The average Bonchev–Trinajstić information content (AvgIpc) is 3.51. The predicted molar refractivity (Wildman–Crippen MR) is 141 cm³/mol. The van der Waals surface area contributed by atoms with E-state index in [9.17, 15) is 24.3 Å². The molecule has 0 bridgehead atoms. The van der Waals surface area contributed by atoms with Crippen molar-refractivity contribution in [1.82, 2.24) is 24.6 Å². The van der Waals surface area contributed by atoms with E-state index in [-0.39, 0.29) is 34.5 Å². The molecule has 3 aromatic heterocycles. The summed E-state index contributed by atoms with van der Waals surface area (Å²) < 4.78 is 3.27. The number of nitrogens with one attached hydrogen (secondary N) is 1. The molecule has 1 saturated heterocycles. The second-order valence-corrected chi connectivity index (χ2v) is 10.5. The summed E-state index contributed by atoms with van der Waals surface area (Å²) >= 11 is 2.38. The number of rotatable bonds is 9. The fourth-order valence-electron chi connectivity index (χ4n) is 4.31. The van der Waals surface area contributed by atoms with E-state index in [0.717, 1.165) is 16.2 Å². The first kappa shape index (κ1) is 26.8. The van der Waals surface area contributed by atoms with Gasteiger partial charge in [-0.2, -0.15) is 4.40 Å². The molecular formula is C23H21N9O6S2. The molecule has 2 atom stereocenters. The summed E-state index contributed by atoms with van der Waals surface area (Å²) in [6, 6.07) is 0.689. The lowest BCUT2D eigenvalue weighted by atomic mass is 10.0. The van der Waals surface area contributed by atoms with Crippen LogP contribution in [0.15, 0.2) is 52.5 Å². The van der Waals surface area contributed by atoms with Gasteiger partial charge in [-0.05, 0) is 11.6 Å². The fourth-order valence-corrected chi connectivity index (χ4v) is 6.18. The normalized spacial score (nSPS) is 19.1. The van der Waals surface area contributed by atoms with E-state index in [2.05, 4.69) is 20.4 Å². The number of thiazole rings is 1. The minimum absolute atomic E-state index is 0.0963. The van der Waals surface area contributed by atoms with E-state index in [4.69, 9.17) is 16.3 Å². The van der Waals surface area contributed by atoms with Crippen LogP contribution in [-0.4, -0.2) is 72.9 Å². The number of oxime groups is 1. The van der Waals surface area contributed by atoms with Crippen LogP contribution < -0.4 is 26.5 Å². The lowest BCUT2D eigenvalue weighted by Crippen LogP contribution is -2.71. The molecule has 0 aromatic carbocycles. The molecule has 40 heavy (non-hydrogen) atoms. The second kappa shape index (κ2) is 10.8. The lowest BCUT2D eigenvalue weighted by Gasteiger charge is -2.50. The number of nitrogen functional groups attached to an aromatic ring is 1. The van der Waals surface area contributed by atoms with Crippen LogP contribution in [0.4, 0.5) is 5.13 Å². The largest absolute Gasteiger partial charge is 0.543 e. The first-order chi connectivity index (χ1) is 19.2. The summed E-state index contributed by atoms with van der Waals surface area (Å²) in [5, 5.41) is 19.5. The fraction of sp³-hybridized carbons (Fsp3) is 0.217. The summed E-state index contributed by atoms with van der Waals surface area (Å²) in [5.74, 6) is -2.76. The molecule has 1 fully saturated rings. The van der Waals surface area contributed by atoms with Crippen molar-refractivity contribution >= 4 is 69.5 Å². The van der Waals surface area contributed by atoms with Gasteiger partial charge in [-0.15, -0.1) is 23.1 Å². The Morgan fingerprint density at radius 1 is 1.38 bits per heavy atom. The van der Waals surface area contributed by atoms with Crippen molar-refractivity contribution in [3.8, 4) is 0 Å². The van der Waals surface area contributed by atoms with E-state index in [1.165, 1.54) is 24.3 Å². The van der Waals surface area contributed by atoms with Crippen molar-refractivity contribution in [2.45, 2.75) is 18.0 Å². The third-order valence-corrected chi connectivity index (χ3v) is 7.95. The Labute approximate surface area is 233 Å². The average molecular weight is 584 g/mol. The number of imidazole rings is 1. The number of hydrogen-bond donors (Lipinski definition) is 3. The van der Waals surface area contributed by atoms with E-state index in [1.807, 2.05) is 0 Å². The number of primary amides is 1. The molecule has 3 amide bonds. The zero-order valence-corrected chi connectivity index (χ0v) is 22.3.